The van der Waals surface area contributed by atoms with Gasteiger partial charge in [0.2, 0.25) is 12.7 Å². The summed E-state index contributed by atoms with van der Waals surface area (Å²) in [5.41, 5.74) is 2.87. The lowest BCUT2D eigenvalue weighted by Crippen LogP contribution is -2.51. The molecule has 3 rings (SSSR count). The number of aromatic nitrogens is 2. The van der Waals surface area contributed by atoms with Crippen molar-refractivity contribution >= 4 is 17.6 Å². The molecular formula is C21H15F4N5O3. The van der Waals surface area contributed by atoms with Crippen LogP contribution in [0.15, 0.2) is 35.6 Å². The van der Waals surface area contributed by atoms with E-state index in [2.05, 4.69) is 36.9 Å². The molecule has 0 fully saturated rings. The van der Waals surface area contributed by atoms with E-state index in [1.807, 2.05) is 0 Å². The van der Waals surface area contributed by atoms with E-state index in [1.165, 1.54) is 6.07 Å². The molecule has 2 heterocycles. The molecule has 0 bridgehead atoms. The largest absolute Gasteiger partial charge is 0.455 e. The number of amidine groups is 1. The van der Waals surface area contributed by atoms with Crippen LogP contribution in [0, 0.1) is 36.4 Å². The Morgan fingerprint density at radius 1 is 1.33 bits per heavy atom. The third-order valence-corrected chi connectivity index (χ3v) is 4.67. The molecule has 33 heavy (non-hydrogen) atoms. The summed E-state index contributed by atoms with van der Waals surface area (Å²) in [6, 6.07) is 2.54. The van der Waals surface area contributed by atoms with Gasteiger partial charge < -0.3 is 20.5 Å². The summed E-state index contributed by atoms with van der Waals surface area (Å²) < 4.78 is 63.5. The van der Waals surface area contributed by atoms with Crippen molar-refractivity contribution in [3.63, 3.8) is 0 Å². The van der Waals surface area contributed by atoms with Crippen LogP contribution in [0.25, 0.3) is 0 Å². The SMILES string of the molecule is C#CC1C(C(F)F)OC(N)=NC1(C#C)c1cc(NC(=O)c2cnc(OCF)cn2)ccc1F. The normalized spacial score (nSPS) is 21.8. The summed E-state index contributed by atoms with van der Waals surface area (Å²) in [5.74, 6) is 0.869. The van der Waals surface area contributed by atoms with Gasteiger partial charge in [-0.1, -0.05) is 11.8 Å². The van der Waals surface area contributed by atoms with E-state index >= 15 is 0 Å². The highest BCUT2D eigenvalue weighted by Crippen LogP contribution is 2.42. The van der Waals surface area contributed by atoms with Crippen molar-refractivity contribution in [1.82, 2.24) is 9.97 Å². The Balaban J connectivity index is 1.99. The van der Waals surface area contributed by atoms with E-state index in [-0.39, 0.29) is 22.8 Å². The van der Waals surface area contributed by atoms with Gasteiger partial charge in [-0.2, -0.15) is 0 Å². The molecule has 0 spiro atoms. The average Bonchev–Trinajstić information content (AvgIpc) is 2.80. The van der Waals surface area contributed by atoms with Crippen LogP contribution in [0.4, 0.5) is 23.2 Å². The van der Waals surface area contributed by atoms with Crippen LogP contribution >= 0.6 is 0 Å². The van der Waals surface area contributed by atoms with Crippen LogP contribution < -0.4 is 15.8 Å². The third kappa shape index (κ3) is 4.50. The number of carbonyl (C=O) groups is 1. The first kappa shape index (κ1) is 23.3. The first-order valence-corrected chi connectivity index (χ1v) is 9.12. The zero-order chi connectivity index (χ0) is 24.2. The predicted molar refractivity (Wildman–Crippen MR) is 108 cm³/mol. The Morgan fingerprint density at radius 3 is 2.67 bits per heavy atom. The lowest BCUT2D eigenvalue weighted by atomic mass is 9.75. The summed E-state index contributed by atoms with van der Waals surface area (Å²) in [5, 5.41) is 2.43. The predicted octanol–water partition coefficient (Wildman–Crippen LogP) is 2.23. The van der Waals surface area contributed by atoms with Gasteiger partial charge in [-0.15, -0.1) is 12.8 Å². The fraction of sp³-hybridized carbons (Fsp3) is 0.238. The van der Waals surface area contributed by atoms with Crippen molar-refractivity contribution in [3.05, 3.63) is 47.7 Å². The second kappa shape index (κ2) is 9.44. The highest BCUT2D eigenvalue weighted by Gasteiger charge is 2.52. The fourth-order valence-corrected chi connectivity index (χ4v) is 3.21. The Labute approximate surface area is 185 Å². The van der Waals surface area contributed by atoms with Crippen LogP contribution in [0.3, 0.4) is 0 Å². The summed E-state index contributed by atoms with van der Waals surface area (Å²) in [4.78, 5) is 23.8. The number of terminal acetylenes is 2. The number of ether oxygens (including phenoxy) is 2. The Morgan fingerprint density at radius 2 is 2.09 bits per heavy atom. The van der Waals surface area contributed by atoms with E-state index < -0.39 is 48.6 Å². The quantitative estimate of drug-likeness (QED) is 0.504. The molecule has 0 radical (unpaired) electrons. The van der Waals surface area contributed by atoms with E-state index in [0.717, 1.165) is 24.5 Å². The molecule has 3 atom stereocenters. The fourth-order valence-electron chi connectivity index (χ4n) is 3.21. The molecule has 0 saturated heterocycles. The Kier molecular flexibility index (Phi) is 6.68. The number of alkyl halides is 3. The maximum absolute atomic E-state index is 14.8. The molecule has 12 heteroatoms. The maximum atomic E-state index is 14.8. The number of nitrogens with two attached hydrogens (primary N) is 1. The lowest BCUT2D eigenvalue weighted by Gasteiger charge is -2.39. The molecule has 1 aromatic carbocycles. The molecule has 0 saturated carbocycles. The van der Waals surface area contributed by atoms with Crippen molar-refractivity contribution in [3.8, 4) is 30.6 Å². The average molecular weight is 461 g/mol. The Hall–Kier alpha value is -4.32. The number of aliphatic imine (C=N–C) groups is 1. The molecule has 3 unspecified atom stereocenters. The monoisotopic (exact) mass is 461 g/mol. The van der Waals surface area contributed by atoms with E-state index in [0.29, 0.717) is 0 Å². The molecule has 8 nitrogen and oxygen atoms in total. The number of carbonyl (C=O) groups excluding carboxylic acids is 1. The van der Waals surface area contributed by atoms with Crippen LogP contribution in [-0.2, 0) is 10.3 Å². The van der Waals surface area contributed by atoms with Crippen LogP contribution in [0.5, 0.6) is 5.88 Å². The number of rotatable bonds is 6. The number of hydrogen-bond donors (Lipinski definition) is 2. The molecule has 3 N–H and O–H groups in total. The number of anilines is 1. The second-order valence-electron chi connectivity index (χ2n) is 6.56. The highest BCUT2D eigenvalue weighted by molar-refractivity contribution is 6.02. The standard InChI is InChI=1S/C21H15F4N5O3/c1-3-12-17(18(24)25)33-20(26)30-21(12,4-2)13-7-11(5-6-14(13)23)29-19(31)15-8-28-16(9-27-15)32-10-22/h1-2,5-9,12,17-18H,10H2,(H2,26,30)(H,29,31). The maximum Gasteiger partial charge on any atom is 0.284 e. The molecule has 0 aliphatic carbocycles. The summed E-state index contributed by atoms with van der Waals surface area (Å²) >= 11 is 0. The molecule has 1 aliphatic heterocycles. The topological polar surface area (TPSA) is 112 Å². The van der Waals surface area contributed by atoms with Gasteiger partial charge in [0, 0.05) is 11.3 Å². The minimum atomic E-state index is -3.10. The van der Waals surface area contributed by atoms with Crippen molar-refractivity contribution < 1.29 is 31.8 Å². The van der Waals surface area contributed by atoms with Gasteiger partial charge in [-0.3, -0.25) is 4.79 Å². The van der Waals surface area contributed by atoms with Crippen LogP contribution in [0.1, 0.15) is 16.1 Å². The van der Waals surface area contributed by atoms with Crippen molar-refractivity contribution in [2.75, 3.05) is 12.2 Å². The minimum Gasteiger partial charge on any atom is -0.455 e. The van der Waals surface area contributed by atoms with E-state index in [1.54, 1.807) is 0 Å². The third-order valence-electron chi connectivity index (χ3n) is 4.67. The number of benzene rings is 1. The van der Waals surface area contributed by atoms with Gasteiger partial charge in [0.05, 0.1) is 12.4 Å². The molecular weight excluding hydrogens is 446 g/mol. The summed E-state index contributed by atoms with van der Waals surface area (Å²) in [6.45, 7) is -1.13. The van der Waals surface area contributed by atoms with Crippen LogP contribution in [-0.4, -0.2) is 41.3 Å². The highest BCUT2D eigenvalue weighted by atomic mass is 19.3. The number of hydrogen-bond acceptors (Lipinski definition) is 7. The second-order valence-corrected chi connectivity index (χ2v) is 6.56. The summed E-state index contributed by atoms with van der Waals surface area (Å²) in [7, 11) is 0. The molecule has 1 aliphatic rings. The van der Waals surface area contributed by atoms with Crippen molar-refractivity contribution in [2.45, 2.75) is 18.1 Å². The zero-order valence-corrected chi connectivity index (χ0v) is 16.6. The Bertz CT molecular complexity index is 1160. The number of halogens is 4. The van der Waals surface area contributed by atoms with Crippen molar-refractivity contribution in [2.24, 2.45) is 16.6 Å². The van der Waals surface area contributed by atoms with Gasteiger partial charge in [-0.05, 0) is 18.2 Å². The first-order valence-electron chi connectivity index (χ1n) is 9.12. The molecule has 1 aromatic heterocycles. The van der Waals surface area contributed by atoms with Gasteiger partial charge in [0.25, 0.3) is 18.4 Å². The van der Waals surface area contributed by atoms with Gasteiger partial charge >= 0.3 is 0 Å². The first-order chi connectivity index (χ1) is 15.7. The van der Waals surface area contributed by atoms with Crippen LogP contribution in [0.2, 0.25) is 0 Å². The van der Waals surface area contributed by atoms with Gasteiger partial charge in [-0.25, -0.2) is 32.5 Å². The number of amides is 1. The lowest BCUT2D eigenvalue weighted by molar-refractivity contribution is -0.0401. The molecule has 2 aromatic rings. The minimum absolute atomic E-state index is 0.0153. The van der Waals surface area contributed by atoms with E-state index in [9.17, 15) is 22.4 Å². The van der Waals surface area contributed by atoms with E-state index in [4.69, 9.17) is 23.3 Å². The smallest absolute Gasteiger partial charge is 0.284 e. The summed E-state index contributed by atoms with van der Waals surface area (Å²) in [6.07, 6.45) is 8.04. The number of nitrogens with zero attached hydrogens (tertiary/aromatic N) is 3. The number of nitrogens with one attached hydrogen (secondary N) is 1. The zero-order valence-electron chi connectivity index (χ0n) is 16.6. The van der Waals surface area contributed by atoms with Gasteiger partial charge in [0.15, 0.2) is 11.6 Å². The van der Waals surface area contributed by atoms with Gasteiger partial charge in [0.1, 0.15) is 17.4 Å². The van der Waals surface area contributed by atoms with Crippen molar-refractivity contribution in [1.29, 1.82) is 0 Å². The molecule has 170 valence electrons. The molecule has 1 amide bonds.